The number of aromatic nitrogens is 3. The number of nitrogens with one attached hydrogen (secondary N) is 1. The van der Waals surface area contributed by atoms with Crippen LogP contribution in [0, 0.1) is 5.92 Å². The van der Waals surface area contributed by atoms with E-state index in [1.165, 1.54) is 0 Å². The molecule has 0 radical (unpaired) electrons. The predicted molar refractivity (Wildman–Crippen MR) is 166 cm³/mol. The Balaban J connectivity index is 1.66. The van der Waals surface area contributed by atoms with Crippen molar-refractivity contribution in [3.63, 3.8) is 0 Å². The van der Waals surface area contributed by atoms with E-state index in [9.17, 15) is 9.59 Å². The van der Waals surface area contributed by atoms with E-state index in [0.717, 1.165) is 27.7 Å². The van der Waals surface area contributed by atoms with Crippen LogP contribution in [-0.4, -0.2) is 31.0 Å². The molecular weight excluding hydrogens is 606 g/mol. The maximum Gasteiger partial charge on any atom is 0.261 e. The number of benzene rings is 2. The van der Waals surface area contributed by atoms with Crippen molar-refractivity contribution in [2.45, 2.75) is 53.1 Å². The number of allylic oxidation sites excluding steroid dienone is 1. The molecule has 4 aromatic rings. The summed E-state index contributed by atoms with van der Waals surface area (Å²) in [4.78, 5) is 29.7. The highest BCUT2D eigenvalue weighted by Gasteiger charge is 2.33. The lowest BCUT2D eigenvalue weighted by molar-refractivity contribution is 0.0651. The third-order valence-corrected chi connectivity index (χ3v) is 8.69. The van der Waals surface area contributed by atoms with Crippen molar-refractivity contribution in [2.75, 3.05) is 0 Å². The first-order valence-electron chi connectivity index (χ1n) is 13.4. The molecule has 0 saturated heterocycles. The van der Waals surface area contributed by atoms with Crippen molar-refractivity contribution in [2.24, 2.45) is 17.5 Å². The Bertz CT molecular complexity index is 1740. The SMILES string of the molecule is C/C(N)=C(/NN)c1ccc(-n2c(=O)c3c(n4ncc(CC(C)C)c24)CN(C(=O)c2ccc(Br)c(Cl)c2)[C@H](C)C3)cc1. The Hall–Kier alpha value is -3.60. The van der Waals surface area contributed by atoms with Gasteiger partial charge in [-0.25, -0.2) is 4.52 Å². The van der Waals surface area contributed by atoms with Crippen LogP contribution in [0.5, 0.6) is 0 Å². The van der Waals surface area contributed by atoms with E-state index >= 15 is 0 Å². The van der Waals surface area contributed by atoms with Gasteiger partial charge in [0.05, 0.1) is 34.8 Å². The van der Waals surface area contributed by atoms with E-state index in [4.69, 9.17) is 28.3 Å². The smallest absolute Gasteiger partial charge is 0.261 e. The molecule has 0 spiro atoms. The molecule has 41 heavy (non-hydrogen) atoms. The Labute approximate surface area is 251 Å². The van der Waals surface area contributed by atoms with Crippen LogP contribution in [-0.2, 0) is 19.4 Å². The van der Waals surface area contributed by atoms with Crippen molar-refractivity contribution in [1.29, 1.82) is 0 Å². The van der Waals surface area contributed by atoms with Crippen molar-refractivity contribution in [3.05, 3.63) is 102 Å². The maximum absolute atomic E-state index is 14.3. The highest BCUT2D eigenvalue weighted by molar-refractivity contribution is 9.10. The van der Waals surface area contributed by atoms with Crippen LogP contribution in [0.1, 0.15) is 60.4 Å². The fraction of sp³-hybridized carbons (Fsp3) is 0.300. The van der Waals surface area contributed by atoms with Gasteiger partial charge in [-0.2, -0.15) is 5.10 Å². The predicted octanol–water partition coefficient (Wildman–Crippen LogP) is 4.80. The van der Waals surface area contributed by atoms with E-state index in [1.807, 2.05) is 41.9 Å². The Morgan fingerprint density at radius 1 is 1.20 bits per heavy atom. The number of nitrogens with zero attached hydrogens (tertiary/aromatic N) is 4. The molecule has 0 fully saturated rings. The van der Waals surface area contributed by atoms with E-state index in [-0.39, 0.29) is 24.1 Å². The maximum atomic E-state index is 14.3. The molecule has 5 rings (SSSR count). The zero-order chi connectivity index (χ0) is 29.6. The van der Waals surface area contributed by atoms with Gasteiger partial charge in [-0.1, -0.05) is 37.6 Å². The lowest BCUT2D eigenvalue weighted by Gasteiger charge is -2.35. The first-order valence-corrected chi connectivity index (χ1v) is 14.6. The number of nitrogens with two attached hydrogens (primary N) is 2. The average molecular weight is 639 g/mol. The van der Waals surface area contributed by atoms with Crippen LogP contribution < -0.4 is 22.6 Å². The molecule has 5 N–H and O–H groups in total. The molecule has 3 heterocycles. The van der Waals surface area contributed by atoms with Crippen LogP contribution in [0.25, 0.3) is 17.0 Å². The third-order valence-electron chi connectivity index (χ3n) is 7.45. The number of hydrogen-bond acceptors (Lipinski definition) is 6. The lowest BCUT2D eigenvalue weighted by atomic mass is 9.98. The van der Waals surface area contributed by atoms with Crippen LogP contribution in [0.2, 0.25) is 5.02 Å². The van der Waals surface area contributed by atoms with Gasteiger partial charge in [0.15, 0.2) is 0 Å². The Morgan fingerprint density at radius 3 is 2.49 bits per heavy atom. The second kappa shape index (κ2) is 11.3. The molecule has 0 unspecified atom stereocenters. The number of amides is 1. The highest BCUT2D eigenvalue weighted by Crippen LogP contribution is 2.29. The monoisotopic (exact) mass is 637 g/mol. The van der Waals surface area contributed by atoms with Gasteiger partial charge in [-0.3, -0.25) is 20.0 Å². The zero-order valence-electron chi connectivity index (χ0n) is 23.4. The molecule has 1 amide bonds. The van der Waals surface area contributed by atoms with E-state index in [2.05, 4.69) is 35.2 Å². The van der Waals surface area contributed by atoms with Crippen molar-refractivity contribution < 1.29 is 4.79 Å². The standard InChI is InChI=1S/C30H33BrClN7O2/c1-16(2)11-21-14-35-39-26-15-37(29(40)20-7-10-24(31)25(32)13-20)17(3)12-23(26)30(41)38(28(21)39)22-8-5-19(6-9-22)27(36-34)18(4)33/h5-10,13-14,16-17,36H,11-12,15,33-34H2,1-4H3/b27-18-/t17-/m1/s1. The molecular formula is C30H33BrClN7O2. The minimum Gasteiger partial charge on any atom is -0.401 e. The summed E-state index contributed by atoms with van der Waals surface area (Å²) in [5.41, 5.74) is 14.7. The minimum atomic E-state index is -0.208. The van der Waals surface area contributed by atoms with Gasteiger partial charge >= 0.3 is 0 Å². The molecule has 1 aliphatic rings. The summed E-state index contributed by atoms with van der Waals surface area (Å²) in [6.07, 6.45) is 2.97. The number of halogens is 2. The van der Waals surface area contributed by atoms with E-state index in [1.54, 1.807) is 34.6 Å². The van der Waals surface area contributed by atoms with Crippen LogP contribution in [0.3, 0.4) is 0 Å². The molecule has 214 valence electrons. The summed E-state index contributed by atoms with van der Waals surface area (Å²) < 4.78 is 4.29. The summed E-state index contributed by atoms with van der Waals surface area (Å²) >= 11 is 9.68. The lowest BCUT2D eigenvalue weighted by Crippen LogP contribution is -2.46. The van der Waals surface area contributed by atoms with E-state index in [0.29, 0.717) is 51.2 Å². The van der Waals surface area contributed by atoms with Gasteiger partial charge in [0, 0.05) is 38.5 Å². The number of hydrogen-bond donors (Lipinski definition) is 3. The van der Waals surface area contributed by atoms with Crippen LogP contribution in [0.4, 0.5) is 0 Å². The minimum absolute atomic E-state index is 0.112. The summed E-state index contributed by atoms with van der Waals surface area (Å²) in [5.74, 6) is 5.89. The summed E-state index contributed by atoms with van der Waals surface area (Å²) in [5, 5.41) is 5.22. The largest absolute Gasteiger partial charge is 0.401 e. The Kier molecular flexibility index (Phi) is 8.00. The van der Waals surface area contributed by atoms with E-state index < -0.39 is 0 Å². The van der Waals surface area contributed by atoms with Crippen LogP contribution in [0.15, 0.2) is 63.6 Å². The molecule has 0 bridgehead atoms. The van der Waals surface area contributed by atoms with Crippen molar-refractivity contribution >= 4 is 44.8 Å². The molecule has 11 heteroatoms. The third kappa shape index (κ3) is 5.27. The summed E-state index contributed by atoms with van der Waals surface area (Å²) in [7, 11) is 0. The molecule has 0 aliphatic carbocycles. The number of carbonyl (C=O) groups is 1. The summed E-state index contributed by atoms with van der Waals surface area (Å²) in [6.45, 7) is 8.25. The molecule has 2 aromatic carbocycles. The van der Waals surface area contributed by atoms with Gasteiger partial charge in [-0.05, 0) is 78.9 Å². The zero-order valence-corrected chi connectivity index (χ0v) is 25.8. The van der Waals surface area contributed by atoms with Gasteiger partial charge < -0.3 is 16.1 Å². The summed E-state index contributed by atoms with van der Waals surface area (Å²) in [6, 6.07) is 12.5. The average Bonchev–Trinajstić information content (AvgIpc) is 3.33. The highest BCUT2D eigenvalue weighted by atomic mass is 79.9. The van der Waals surface area contributed by atoms with Gasteiger partial charge in [0.25, 0.3) is 11.5 Å². The van der Waals surface area contributed by atoms with Gasteiger partial charge in [0.2, 0.25) is 0 Å². The number of hydrazine groups is 1. The first-order chi connectivity index (χ1) is 19.5. The normalized spacial score (nSPS) is 15.7. The number of fused-ring (bicyclic) bond motifs is 3. The van der Waals surface area contributed by atoms with Gasteiger partial charge in [-0.15, -0.1) is 0 Å². The number of carbonyl (C=O) groups excluding carboxylic acids is 1. The van der Waals surface area contributed by atoms with Crippen molar-refractivity contribution in [1.82, 2.24) is 24.5 Å². The second-order valence-electron chi connectivity index (χ2n) is 10.9. The molecule has 2 aromatic heterocycles. The molecule has 0 saturated carbocycles. The topological polar surface area (TPSA) is 124 Å². The molecule has 9 nitrogen and oxygen atoms in total. The number of rotatable bonds is 6. The van der Waals surface area contributed by atoms with Crippen LogP contribution >= 0.6 is 27.5 Å². The fourth-order valence-electron chi connectivity index (χ4n) is 5.48. The molecule has 1 aliphatic heterocycles. The fourth-order valence-corrected chi connectivity index (χ4v) is 5.90. The first kappa shape index (κ1) is 28.9. The second-order valence-corrected chi connectivity index (χ2v) is 12.2. The quantitative estimate of drug-likeness (QED) is 0.206. The molecule has 1 atom stereocenters. The Morgan fingerprint density at radius 2 is 1.88 bits per heavy atom. The van der Waals surface area contributed by atoms with Gasteiger partial charge in [0.1, 0.15) is 5.65 Å². The van der Waals surface area contributed by atoms with Crippen molar-refractivity contribution in [3.8, 4) is 5.69 Å².